The first kappa shape index (κ1) is 13.7. The Hall–Kier alpha value is -0.330. The second-order valence-corrected chi connectivity index (χ2v) is 6.72. The highest BCUT2D eigenvalue weighted by molar-refractivity contribution is 5.81. The molecule has 1 aliphatic carbocycles. The lowest BCUT2D eigenvalue weighted by Crippen LogP contribution is -2.25. The number of hydrogen-bond donors (Lipinski definition) is 0. The van der Waals surface area contributed by atoms with Crippen LogP contribution in [-0.4, -0.2) is 5.78 Å². The van der Waals surface area contributed by atoms with Crippen molar-refractivity contribution in [2.75, 3.05) is 0 Å². The number of hydrogen-bond acceptors (Lipinski definition) is 1. The van der Waals surface area contributed by atoms with E-state index in [0.717, 1.165) is 25.2 Å². The molecule has 0 saturated heterocycles. The van der Waals surface area contributed by atoms with Crippen molar-refractivity contribution in [2.24, 2.45) is 17.3 Å². The molecule has 0 spiro atoms. The van der Waals surface area contributed by atoms with Crippen molar-refractivity contribution >= 4 is 5.78 Å². The van der Waals surface area contributed by atoms with Gasteiger partial charge >= 0.3 is 0 Å². The third-order valence-electron chi connectivity index (χ3n) is 3.64. The molecule has 0 aromatic carbocycles. The molecule has 0 aromatic heterocycles. The molecule has 1 rings (SSSR count). The second-order valence-electron chi connectivity index (χ2n) is 6.72. The van der Waals surface area contributed by atoms with Crippen LogP contribution in [0.3, 0.4) is 0 Å². The van der Waals surface area contributed by atoms with Crippen molar-refractivity contribution < 1.29 is 4.79 Å². The maximum Gasteiger partial charge on any atom is 0.136 e. The highest BCUT2D eigenvalue weighted by Gasteiger charge is 2.28. The summed E-state index contributed by atoms with van der Waals surface area (Å²) in [5, 5.41) is 0. The van der Waals surface area contributed by atoms with E-state index in [9.17, 15) is 4.79 Å². The molecule has 0 N–H and O–H groups in total. The zero-order valence-corrected chi connectivity index (χ0v) is 11.5. The van der Waals surface area contributed by atoms with Gasteiger partial charge in [-0.25, -0.2) is 0 Å². The second kappa shape index (κ2) is 5.84. The number of rotatable bonds is 6. The van der Waals surface area contributed by atoms with E-state index in [2.05, 4.69) is 27.7 Å². The van der Waals surface area contributed by atoms with E-state index in [1.807, 2.05) is 0 Å². The zero-order chi connectivity index (χ0) is 12.2. The summed E-state index contributed by atoms with van der Waals surface area (Å²) >= 11 is 0. The minimum atomic E-state index is 0.155. The minimum absolute atomic E-state index is 0.155. The van der Waals surface area contributed by atoms with E-state index in [0.29, 0.717) is 11.7 Å². The quantitative estimate of drug-likeness (QED) is 0.644. The van der Waals surface area contributed by atoms with Gasteiger partial charge in [0.15, 0.2) is 0 Å². The fourth-order valence-electron chi connectivity index (χ4n) is 2.56. The van der Waals surface area contributed by atoms with Gasteiger partial charge in [0, 0.05) is 12.3 Å². The largest absolute Gasteiger partial charge is 0.299 e. The van der Waals surface area contributed by atoms with Crippen LogP contribution >= 0.6 is 0 Å². The van der Waals surface area contributed by atoms with Crippen LogP contribution < -0.4 is 0 Å². The summed E-state index contributed by atoms with van der Waals surface area (Å²) in [6.45, 7) is 8.68. The molecule has 1 unspecified atom stereocenters. The topological polar surface area (TPSA) is 17.1 Å². The molecule has 0 radical (unpaired) electrons. The highest BCUT2D eigenvalue weighted by Crippen LogP contribution is 2.35. The predicted octanol–water partition coefficient (Wildman–Crippen LogP) is 4.60. The smallest absolute Gasteiger partial charge is 0.136 e. The third-order valence-corrected chi connectivity index (χ3v) is 3.64. The Morgan fingerprint density at radius 2 is 1.94 bits per heavy atom. The van der Waals surface area contributed by atoms with Crippen LogP contribution in [0.4, 0.5) is 0 Å². The molecule has 0 aromatic rings. The Kier molecular flexibility index (Phi) is 5.01. The van der Waals surface area contributed by atoms with Gasteiger partial charge < -0.3 is 0 Å². The lowest BCUT2D eigenvalue weighted by Gasteiger charge is -2.30. The van der Waals surface area contributed by atoms with E-state index in [-0.39, 0.29) is 5.41 Å². The summed E-state index contributed by atoms with van der Waals surface area (Å²) in [5.74, 6) is 1.73. The van der Waals surface area contributed by atoms with Crippen molar-refractivity contribution in [2.45, 2.75) is 72.6 Å². The van der Waals surface area contributed by atoms with Crippen LogP contribution in [0.15, 0.2) is 0 Å². The molecule has 0 bridgehead atoms. The van der Waals surface area contributed by atoms with Crippen molar-refractivity contribution in [3.05, 3.63) is 0 Å². The Labute approximate surface area is 101 Å². The van der Waals surface area contributed by atoms with Crippen molar-refractivity contribution in [3.63, 3.8) is 0 Å². The maximum atomic E-state index is 12.2. The van der Waals surface area contributed by atoms with E-state index < -0.39 is 0 Å². The molecule has 94 valence electrons. The van der Waals surface area contributed by atoms with Crippen molar-refractivity contribution in [1.29, 1.82) is 0 Å². The Balaban J connectivity index is 2.43. The van der Waals surface area contributed by atoms with E-state index in [1.54, 1.807) is 0 Å². The van der Waals surface area contributed by atoms with Gasteiger partial charge in [-0.1, -0.05) is 53.4 Å². The molecule has 1 atom stereocenters. The highest BCUT2D eigenvalue weighted by atomic mass is 16.1. The van der Waals surface area contributed by atoms with Gasteiger partial charge in [0.2, 0.25) is 0 Å². The van der Waals surface area contributed by atoms with Gasteiger partial charge in [-0.3, -0.25) is 4.79 Å². The minimum Gasteiger partial charge on any atom is -0.299 e. The number of carbonyl (C=O) groups is 1. The summed E-state index contributed by atoms with van der Waals surface area (Å²) in [6.07, 6.45) is 8.29. The van der Waals surface area contributed by atoms with Crippen LogP contribution in [0.25, 0.3) is 0 Å². The molecule has 1 nitrogen and oxygen atoms in total. The summed E-state index contributed by atoms with van der Waals surface area (Å²) in [6, 6.07) is 0. The summed E-state index contributed by atoms with van der Waals surface area (Å²) < 4.78 is 0. The van der Waals surface area contributed by atoms with Crippen LogP contribution in [0.2, 0.25) is 0 Å². The van der Waals surface area contributed by atoms with Gasteiger partial charge in [-0.15, -0.1) is 0 Å². The van der Waals surface area contributed by atoms with E-state index in [1.165, 1.54) is 25.7 Å². The lowest BCUT2D eigenvalue weighted by atomic mass is 9.75. The summed E-state index contributed by atoms with van der Waals surface area (Å²) in [7, 11) is 0. The molecular weight excluding hydrogens is 196 g/mol. The molecule has 1 saturated carbocycles. The summed E-state index contributed by atoms with van der Waals surface area (Å²) in [4.78, 5) is 12.2. The van der Waals surface area contributed by atoms with Crippen molar-refractivity contribution in [3.8, 4) is 0 Å². The van der Waals surface area contributed by atoms with E-state index >= 15 is 0 Å². The average molecular weight is 224 g/mol. The van der Waals surface area contributed by atoms with Crippen molar-refractivity contribution in [1.82, 2.24) is 0 Å². The van der Waals surface area contributed by atoms with Gasteiger partial charge in [0.05, 0.1) is 0 Å². The maximum absolute atomic E-state index is 12.2. The fourth-order valence-corrected chi connectivity index (χ4v) is 2.56. The van der Waals surface area contributed by atoms with E-state index in [4.69, 9.17) is 0 Å². The number of Topliss-reactive ketones (excluding diaryl/α,β-unsaturated/α-hetero) is 1. The SMILES string of the molecule is CCCC(CC1CCC1)C(=O)CC(C)(C)C. The normalized spacial score (nSPS) is 19.2. The molecule has 0 amide bonds. The lowest BCUT2D eigenvalue weighted by molar-refractivity contribution is -0.125. The molecule has 1 fully saturated rings. The molecule has 16 heavy (non-hydrogen) atoms. The molecule has 1 heteroatoms. The van der Waals surface area contributed by atoms with Gasteiger partial charge in [0.1, 0.15) is 5.78 Å². The molecule has 0 aliphatic heterocycles. The third kappa shape index (κ3) is 4.67. The van der Waals surface area contributed by atoms with Crippen LogP contribution in [-0.2, 0) is 4.79 Å². The molecule has 1 aliphatic rings. The van der Waals surface area contributed by atoms with Crippen LogP contribution in [0.1, 0.15) is 72.6 Å². The standard InChI is InChI=1S/C15H28O/c1-5-7-13(10-12-8-6-9-12)14(16)11-15(2,3)4/h12-13H,5-11H2,1-4H3. The first-order chi connectivity index (χ1) is 7.42. The Morgan fingerprint density at radius 3 is 2.31 bits per heavy atom. The Bertz CT molecular complexity index is 220. The Morgan fingerprint density at radius 1 is 1.31 bits per heavy atom. The van der Waals surface area contributed by atoms with Crippen LogP contribution in [0.5, 0.6) is 0 Å². The van der Waals surface area contributed by atoms with Gasteiger partial charge in [-0.05, 0) is 24.2 Å². The van der Waals surface area contributed by atoms with Gasteiger partial charge in [-0.2, -0.15) is 0 Å². The number of carbonyl (C=O) groups excluding carboxylic acids is 1. The van der Waals surface area contributed by atoms with Gasteiger partial charge in [0.25, 0.3) is 0 Å². The number of ketones is 1. The monoisotopic (exact) mass is 224 g/mol. The first-order valence-corrected chi connectivity index (χ1v) is 6.95. The first-order valence-electron chi connectivity index (χ1n) is 6.95. The fraction of sp³-hybridized carbons (Fsp3) is 0.933. The molecular formula is C15H28O. The van der Waals surface area contributed by atoms with Crippen LogP contribution in [0, 0.1) is 17.3 Å². The zero-order valence-electron chi connectivity index (χ0n) is 11.5. The molecule has 0 heterocycles. The average Bonchev–Trinajstić information content (AvgIpc) is 2.05. The summed E-state index contributed by atoms with van der Waals surface area (Å²) in [5.41, 5.74) is 0.155. The predicted molar refractivity (Wildman–Crippen MR) is 69.4 cm³/mol.